The number of fused-ring (bicyclic) bond motifs is 1. The van der Waals surface area contributed by atoms with E-state index in [1.165, 1.54) is 0 Å². The molecule has 3 aromatic heterocycles. The lowest BCUT2D eigenvalue weighted by Crippen LogP contribution is -2.23. The maximum absolute atomic E-state index is 12.1. The monoisotopic (exact) mass is 398 g/mol. The van der Waals surface area contributed by atoms with Gasteiger partial charge in [-0.25, -0.2) is 14.6 Å². The summed E-state index contributed by atoms with van der Waals surface area (Å²) in [4.78, 5) is 21.1. The highest BCUT2D eigenvalue weighted by Gasteiger charge is 2.24. The minimum absolute atomic E-state index is 0.0445. The zero-order chi connectivity index (χ0) is 20.6. The van der Waals surface area contributed by atoms with E-state index in [0.29, 0.717) is 28.2 Å². The quantitative estimate of drug-likeness (QED) is 0.672. The Hall–Kier alpha value is -2.94. The topological polar surface area (TPSA) is 110 Å². The van der Waals surface area contributed by atoms with Crippen LogP contribution in [0.4, 0.5) is 5.69 Å². The van der Waals surface area contributed by atoms with Crippen LogP contribution in [0.15, 0.2) is 24.7 Å². The highest BCUT2D eigenvalue weighted by Crippen LogP contribution is 2.29. The Morgan fingerprint density at radius 1 is 1.34 bits per heavy atom. The van der Waals surface area contributed by atoms with Crippen LogP contribution in [0.2, 0.25) is 0 Å². The van der Waals surface area contributed by atoms with Crippen molar-refractivity contribution >= 4 is 22.8 Å². The van der Waals surface area contributed by atoms with Crippen LogP contribution in [0.25, 0.3) is 22.6 Å². The van der Waals surface area contributed by atoms with Crippen molar-refractivity contribution in [3.8, 4) is 11.4 Å². The molecule has 3 aromatic rings. The van der Waals surface area contributed by atoms with Crippen LogP contribution in [0.3, 0.4) is 0 Å². The maximum atomic E-state index is 12.1. The fourth-order valence-corrected chi connectivity index (χ4v) is 3.20. The Labute approximate surface area is 168 Å². The molecule has 154 valence electrons. The first-order valence-corrected chi connectivity index (χ1v) is 9.78. The zero-order valence-corrected chi connectivity index (χ0v) is 17.0. The van der Waals surface area contributed by atoms with E-state index in [1.54, 1.807) is 21.8 Å². The van der Waals surface area contributed by atoms with Crippen molar-refractivity contribution in [2.45, 2.75) is 53.0 Å². The molecule has 0 amide bonds. The molecule has 0 aliphatic carbocycles. The van der Waals surface area contributed by atoms with Gasteiger partial charge in [-0.1, -0.05) is 0 Å². The lowest BCUT2D eigenvalue weighted by molar-refractivity contribution is -0.156. The van der Waals surface area contributed by atoms with E-state index in [-0.39, 0.29) is 18.9 Å². The van der Waals surface area contributed by atoms with Crippen LogP contribution < -0.4 is 5.73 Å². The van der Waals surface area contributed by atoms with Gasteiger partial charge < -0.3 is 15.2 Å². The van der Waals surface area contributed by atoms with E-state index in [0.717, 1.165) is 25.9 Å². The number of aromatic nitrogens is 5. The second kappa shape index (κ2) is 7.47. The number of nitrogens with two attached hydrogens (primary N) is 1. The third-order valence-corrected chi connectivity index (χ3v) is 4.86. The van der Waals surface area contributed by atoms with Gasteiger partial charge in [-0.15, -0.1) is 0 Å². The summed E-state index contributed by atoms with van der Waals surface area (Å²) in [5, 5.41) is 4.62. The molecule has 0 bridgehead atoms. The Bertz CT molecular complexity index is 1030. The van der Waals surface area contributed by atoms with Crippen molar-refractivity contribution < 1.29 is 14.3 Å². The molecular weight excluding hydrogens is 372 g/mol. The second-order valence-corrected chi connectivity index (χ2v) is 8.30. The fraction of sp³-hybridized carbons (Fsp3) is 0.500. The van der Waals surface area contributed by atoms with Gasteiger partial charge in [0.15, 0.2) is 12.4 Å². The Balaban J connectivity index is 1.60. The number of nitrogens with zero attached hydrogens (tertiary/aromatic N) is 5. The van der Waals surface area contributed by atoms with Gasteiger partial charge in [-0.3, -0.25) is 9.36 Å². The van der Waals surface area contributed by atoms with Crippen molar-refractivity contribution in [2.24, 2.45) is 5.41 Å². The lowest BCUT2D eigenvalue weighted by atomic mass is 9.98. The molecule has 4 rings (SSSR count). The largest absolute Gasteiger partial charge is 0.443 e. The normalized spacial score (nSPS) is 17.6. The van der Waals surface area contributed by atoms with Crippen LogP contribution in [-0.4, -0.2) is 36.9 Å². The average molecular weight is 398 g/mol. The molecule has 0 spiro atoms. The summed E-state index contributed by atoms with van der Waals surface area (Å²) in [7, 11) is 0. The van der Waals surface area contributed by atoms with Crippen LogP contribution in [0, 0.1) is 5.41 Å². The molecule has 1 aliphatic heterocycles. The van der Waals surface area contributed by atoms with Gasteiger partial charge in [-0.2, -0.15) is 5.10 Å². The highest BCUT2D eigenvalue weighted by molar-refractivity contribution is 5.78. The van der Waals surface area contributed by atoms with Crippen LogP contribution in [-0.2, 0) is 21.0 Å². The van der Waals surface area contributed by atoms with E-state index in [9.17, 15) is 4.79 Å². The van der Waals surface area contributed by atoms with Gasteiger partial charge in [0.1, 0.15) is 17.4 Å². The molecule has 1 unspecified atom stereocenters. The minimum atomic E-state index is -0.572. The highest BCUT2D eigenvalue weighted by atomic mass is 16.5. The van der Waals surface area contributed by atoms with Crippen molar-refractivity contribution in [1.29, 1.82) is 0 Å². The van der Waals surface area contributed by atoms with Crippen molar-refractivity contribution in [1.82, 2.24) is 24.3 Å². The van der Waals surface area contributed by atoms with Crippen LogP contribution in [0.5, 0.6) is 0 Å². The van der Waals surface area contributed by atoms with E-state index < -0.39 is 5.41 Å². The number of imidazole rings is 1. The summed E-state index contributed by atoms with van der Waals surface area (Å²) in [6, 6.07) is 3.70. The molecule has 1 fully saturated rings. The first kappa shape index (κ1) is 19.4. The van der Waals surface area contributed by atoms with Gasteiger partial charge in [0.25, 0.3) is 0 Å². The summed E-state index contributed by atoms with van der Waals surface area (Å²) in [5.41, 5.74) is 8.72. The number of rotatable bonds is 4. The maximum Gasteiger partial charge on any atom is 0.312 e. The number of carbonyl (C=O) groups excluding carboxylic acids is 1. The fourth-order valence-electron chi connectivity index (χ4n) is 3.20. The molecule has 0 saturated carbocycles. The number of ether oxygens (including phenoxy) is 2. The first-order valence-electron chi connectivity index (χ1n) is 9.78. The van der Waals surface area contributed by atoms with E-state index in [4.69, 9.17) is 15.2 Å². The Morgan fingerprint density at radius 2 is 2.17 bits per heavy atom. The second-order valence-electron chi connectivity index (χ2n) is 8.30. The van der Waals surface area contributed by atoms with E-state index >= 15 is 0 Å². The number of nitrogen functional groups attached to an aromatic ring is 1. The van der Waals surface area contributed by atoms with Crippen molar-refractivity contribution in [2.75, 3.05) is 12.3 Å². The van der Waals surface area contributed by atoms with Crippen molar-refractivity contribution in [3.05, 3.63) is 24.7 Å². The van der Waals surface area contributed by atoms with Crippen LogP contribution >= 0.6 is 0 Å². The molecule has 0 aromatic carbocycles. The molecule has 9 heteroatoms. The molecule has 29 heavy (non-hydrogen) atoms. The van der Waals surface area contributed by atoms with Gasteiger partial charge >= 0.3 is 5.97 Å². The number of anilines is 1. The predicted octanol–water partition coefficient (Wildman–Crippen LogP) is 3.12. The first-order chi connectivity index (χ1) is 13.8. The summed E-state index contributed by atoms with van der Waals surface area (Å²) < 4.78 is 14.7. The molecule has 1 saturated heterocycles. The third kappa shape index (κ3) is 3.95. The number of hydrogen-bond acceptors (Lipinski definition) is 7. The smallest absolute Gasteiger partial charge is 0.312 e. The number of hydrogen-bond donors (Lipinski definition) is 1. The number of esters is 1. The van der Waals surface area contributed by atoms with Gasteiger partial charge in [0.2, 0.25) is 0 Å². The molecule has 4 heterocycles. The summed E-state index contributed by atoms with van der Waals surface area (Å²) in [6.45, 7) is 6.21. The van der Waals surface area contributed by atoms with Gasteiger partial charge in [0.05, 0.1) is 29.3 Å². The predicted molar refractivity (Wildman–Crippen MR) is 108 cm³/mol. The standard InChI is InChI=1S/C20H26N6O3/c1-20(2,3)19(27)29-12-25-11-22-15-8-7-14(23-18(15)25)17-13(21)10-26(24-17)16-6-4-5-9-28-16/h7-8,10-11,16H,4-6,9,12,21H2,1-3H3. The summed E-state index contributed by atoms with van der Waals surface area (Å²) >= 11 is 0. The van der Waals surface area contributed by atoms with Gasteiger partial charge in [0, 0.05) is 6.61 Å². The molecule has 9 nitrogen and oxygen atoms in total. The SMILES string of the molecule is CC(C)(C)C(=O)OCn1cnc2ccc(-c3nn(C4CCCCO4)cc3N)nc21. The van der Waals surface area contributed by atoms with E-state index in [2.05, 4.69) is 15.1 Å². The van der Waals surface area contributed by atoms with Crippen LogP contribution in [0.1, 0.15) is 46.3 Å². The van der Waals surface area contributed by atoms with Gasteiger partial charge in [-0.05, 0) is 52.2 Å². The molecular formula is C20H26N6O3. The average Bonchev–Trinajstić information content (AvgIpc) is 3.29. The minimum Gasteiger partial charge on any atom is -0.443 e. The number of carbonyl (C=O) groups is 1. The summed E-state index contributed by atoms with van der Waals surface area (Å²) in [5.74, 6) is -0.286. The lowest BCUT2D eigenvalue weighted by Gasteiger charge is -2.22. The Morgan fingerprint density at radius 3 is 2.90 bits per heavy atom. The Kier molecular flexibility index (Phi) is 4.99. The third-order valence-electron chi connectivity index (χ3n) is 4.86. The molecule has 2 N–H and O–H groups in total. The molecule has 0 radical (unpaired) electrons. The van der Waals surface area contributed by atoms with E-state index in [1.807, 2.05) is 32.9 Å². The molecule has 1 aliphatic rings. The molecule has 1 atom stereocenters. The summed E-state index contributed by atoms with van der Waals surface area (Å²) in [6.07, 6.45) is 6.40. The van der Waals surface area contributed by atoms with Crippen molar-refractivity contribution in [3.63, 3.8) is 0 Å². The number of pyridine rings is 1. The zero-order valence-electron chi connectivity index (χ0n) is 17.0.